The van der Waals surface area contributed by atoms with E-state index in [1.165, 1.54) is 16.7 Å². The van der Waals surface area contributed by atoms with Crippen molar-refractivity contribution in [2.45, 2.75) is 26.3 Å². The molecule has 0 aliphatic rings. The lowest BCUT2D eigenvalue weighted by Crippen LogP contribution is -2.21. The minimum absolute atomic E-state index is 0.160. The van der Waals surface area contributed by atoms with Crippen LogP contribution in [0.25, 0.3) is 0 Å². The Morgan fingerprint density at radius 3 is 2.44 bits per heavy atom. The van der Waals surface area contributed by atoms with Gasteiger partial charge in [0.15, 0.2) is 0 Å². The normalized spacial score (nSPS) is 12.4. The average molecular weight is 241 g/mol. The van der Waals surface area contributed by atoms with Gasteiger partial charge in [-0.3, -0.25) is 0 Å². The maximum absolute atomic E-state index is 4.31. The Morgan fingerprint density at radius 1 is 1.11 bits per heavy atom. The quantitative estimate of drug-likeness (QED) is 0.894. The molecule has 0 saturated heterocycles. The molecule has 0 saturated carbocycles. The summed E-state index contributed by atoms with van der Waals surface area (Å²) in [5.41, 5.74) is 3.97. The molecule has 18 heavy (non-hydrogen) atoms. The molecule has 1 aromatic carbocycles. The standard InChI is InChI=1S/C15H19N3/c1-11-5-6-13(9-12(11)2)10-14(16-3)15-17-7-4-8-18-15/h4-9,14,16H,10H2,1-3H3. The second-order valence-electron chi connectivity index (χ2n) is 4.57. The van der Waals surface area contributed by atoms with Crippen LogP contribution in [0.4, 0.5) is 0 Å². The van der Waals surface area contributed by atoms with E-state index >= 15 is 0 Å². The maximum Gasteiger partial charge on any atom is 0.145 e. The van der Waals surface area contributed by atoms with Crippen molar-refractivity contribution in [3.05, 3.63) is 59.2 Å². The van der Waals surface area contributed by atoms with Gasteiger partial charge in [-0.25, -0.2) is 9.97 Å². The lowest BCUT2D eigenvalue weighted by molar-refractivity contribution is 0.557. The Kier molecular flexibility index (Phi) is 4.05. The van der Waals surface area contributed by atoms with Crippen LogP contribution in [0.5, 0.6) is 0 Å². The molecule has 0 bridgehead atoms. The number of likely N-dealkylation sites (N-methyl/N-ethyl adjacent to an activating group) is 1. The van der Waals surface area contributed by atoms with Crippen molar-refractivity contribution in [1.82, 2.24) is 15.3 Å². The number of nitrogens with zero attached hydrogens (tertiary/aromatic N) is 2. The zero-order chi connectivity index (χ0) is 13.0. The Labute approximate surface area is 108 Å². The van der Waals surface area contributed by atoms with Gasteiger partial charge in [0.25, 0.3) is 0 Å². The number of hydrogen-bond acceptors (Lipinski definition) is 3. The minimum Gasteiger partial charge on any atom is -0.310 e. The fraction of sp³-hybridized carbons (Fsp3) is 0.333. The fourth-order valence-electron chi connectivity index (χ4n) is 1.98. The highest BCUT2D eigenvalue weighted by atomic mass is 15.0. The summed E-state index contributed by atoms with van der Waals surface area (Å²) in [6, 6.07) is 8.58. The number of aryl methyl sites for hydroxylation is 2. The van der Waals surface area contributed by atoms with Crippen molar-refractivity contribution in [1.29, 1.82) is 0 Å². The smallest absolute Gasteiger partial charge is 0.145 e. The van der Waals surface area contributed by atoms with Crippen molar-refractivity contribution in [3.63, 3.8) is 0 Å². The maximum atomic E-state index is 4.31. The summed E-state index contributed by atoms with van der Waals surface area (Å²) in [6.07, 6.45) is 4.47. The summed E-state index contributed by atoms with van der Waals surface area (Å²) in [5.74, 6) is 0.846. The van der Waals surface area contributed by atoms with Gasteiger partial charge >= 0.3 is 0 Å². The van der Waals surface area contributed by atoms with E-state index < -0.39 is 0 Å². The highest BCUT2D eigenvalue weighted by Crippen LogP contribution is 2.17. The monoisotopic (exact) mass is 241 g/mol. The first-order valence-corrected chi connectivity index (χ1v) is 6.21. The molecule has 0 fully saturated rings. The fourth-order valence-corrected chi connectivity index (χ4v) is 1.98. The molecule has 3 nitrogen and oxygen atoms in total. The predicted octanol–water partition coefficient (Wildman–Crippen LogP) is 2.60. The molecule has 0 radical (unpaired) electrons. The molecular formula is C15H19N3. The highest BCUT2D eigenvalue weighted by molar-refractivity contribution is 5.30. The molecule has 0 aliphatic carbocycles. The first-order valence-electron chi connectivity index (χ1n) is 6.21. The van der Waals surface area contributed by atoms with Crippen molar-refractivity contribution in [3.8, 4) is 0 Å². The lowest BCUT2D eigenvalue weighted by atomic mass is 10.0. The summed E-state index contributed by atoms with van der Waals surface area (Å²) >= 11 is 0. The molecule has 94 valence electrons. The van der Waals surface area contributed by atoms with Crippen LogP contribution in [-0.4, -0.2) is 17.0 Å². The molecule has 1 unspecified atom stereocenters. The predicted molar refractivity (Wildman–Crippen MR) is 73.5 cm³/mol. The summed E-state index contributed by atoms with van der Waals surface area (Å²) in [5, 5.41) is 3.28. The van der Waals surface area contributed by atoms with Crippen LogP contribution in [0.1, 0.15) is 28.6 Å². The molecule has 0 amide bonds. The number of nitrogens with one attached hydrogen (secondary N) is 1. The van der Waals surface area contributed by atoms with Gasteiger partial charge in [-0.05, 0) is 50.1 Å². The van der Waals surface area contributed by atoms with Gasteiger partial charge in [0, 0.05) is 12.4 Å². The van der Waals surface area contributed by atoms with Gasteiger partial charge in [-0.15, -0.1) is 0 Å². The van der Waals surface area contributed by atoms with Gasteiger partial charge in [-0.2, -0.15) is 0 Å². The van der Waals surface area contributed by atoms with Crippen molar-refractivity contribution < 1.29 is 0 Å². The average Bonchev–Trinajstić information content (AvgIpc) is 2.41. The van der Waals surface area contributed by atoms with E-state index in [2.05, 4.69) is 47.3 Å². The number of benzene rings is 1. The van der Waals surface area contributed by atoms with E-state index in [4.69, 9.17) is 0 Å². The van der Waals surface area contributed by atoms with Gasteiger partial charge < -0.3 is 5.32 Å². The molecule has 0 aliphatic heterocycles. The number of rotatable bonds is 4. The van der Waals surface area contributed by atoms with Crippen LogP contribution in [0.2, 0.25) is 0 Å². The van der Waals surface area contributed by atoms with Gasteiger partial charge in [0.1, 0.15) is 5.82 Å². The van der Waals surface area contributed by atoms with Crippen LogP contribution in [0, 0.1) is 13.8 Å². The molecule has 2 rings (SSSR count). The first-order chi connectivity index (χ1) is 8.70. The third-order valence-corrected chi connectivity index (χ3v) is 3.26. The Hall–Kier alpha value is -1.74. The van der Waals surface area contributed by atoms with Crippen molar-refractivity contribution >= 4 is 0 Å². The zero-order valence-electron chi connectivity index (χ0n) is 11.1. The van der Waals surface area contributed by atoms with Crippen LogP contribution in [0.15, 0.2) is 36.7 Å². The van der Waals surface area contributed by atoms with Crippen molar-refractivity contribution in [2.75, 3.05) is 7.05 Å². The van der Waals surface area contributed by atoms with Gasteiger partial charge in [-0.1, -0.05) is 18.2 Å². The third-order valence-electron chi connectivity index (χ3n) is 3.26. The second-order valence-corrected chi connectivity index (χ2v) is 4.57. The zero-order valence-corrected chi connectivity index (χ0v) is 11.1. The van der Waals surface area contributed by atoms with E-state index in [-0.39, 0.29) is 6.04 Å². The van der Waals surface area contributed by atoms with E-state index in [1.54, 1.807) is 12.4 Å². The number of aromatic nitrogens is 2. The first kappa shape index (κ1) is 12.7. The Morgan fingerprint density at radius 2 is 1.83 bits per heavy atom. The second kappa shape index (κ2) is 5.74. The number of hydrogen-bond donors (Lipinski definition) is 1. The largest absolute Gasteiger partial charge is 0.310 e. The van der Waals surface area contributed by atoms with E-state index in [0.717, 1.165) is 12.2 Å². The topological polar surface area (TPSA) is 37.8 Å². The molecule has 2 aromatic rings. The summed E-state index contributed by atoms with van der Waals surface area (Å²) < 4.78 is 0. The third kappa shape index (κ3) is 2.93. The van der Waals surface area contributed by atoms with E-state index in [9.17, 15) is 0 Å². The van der Waals surface area contributed by atoms with Crippen LogP contribution < -0.4 is 5.32 Å². The van der Waals surface area contributed by atoms with Crippen LogP contribution >= 0.6 is 0 Å². The molecule has 1 heterocycles. The minimum atomic E-state index is 0.160. The Bertz CT molecular complexity index is 508. The summed E-state index contributed by atoms with van der Waals surface area (Å²) in [7, 11) is 1.95. The molecular weight excluding hydrogens is 222 g/mol. The molecule has 1 aromatic heterocycles. The summed E-state index contributed by atoms with van der Waals surface area (Å²) in [6.45, 7) is 4.28. The Balaban J connectivity index is 2.18. The van der Waals surface area contributed by atoms with Crippen molar-refractivity contribution in [2.24, 2.45) is 0 Å². The van der Waals surface area contributed by atoms with Gasteiger partial charge in [0.2, 0.25) is 0 Å². The SMILES string of the molecule is CNC(Cc1ccc(C)c(C)c1)c1ncccn1. The van der Waals surface area contributed by atoms with E-state index in [0.29, 0.717) is 0 Å². The summed E-state index contributed by atoms with van der Waals surface area (Å²) in [4.78, 5) is 8.62. The lowest BCUT2D eigenvalue weighted by Gasteiger charge is -2.15. The van der Waals surface area contributed by atoms with Crippen LogP contribution in [0.3, 0.4) is 0 Å². The van der Waals surface area contributed by atoms with E-state index in [1.807, 2.05) is 13.1 Å². The molecule has 0 spiro atoms. The van der Waals surface area contributed by atoms with Gasteiger partial charge in [0.05, 0.1) is 6.04 Å². The molecule has 1 atom stereocenters. The molecule has 1 N–H and O–H groups in total. The highest BCUT2D eigenvalue weighted by Gasteiger charge is 2.12. The van der Waals surface area contributed by atoms with Crippen LogP contribution in [-0.2, 0) is 6.42 Å². The molecule has 3 heteroatoms.